The van der Waals surface area contributed by atoms with Gasteiger partial charge in [0.2, 0.25) is 0 Å². The highest BCUT2D eigenvalue weighted by Gasteiger charge is 2.40. The number of rotatable bonds is 5. The van der Waals surface area contributed by atoms with Crippen LogP contribution in [0.4, 0.5) is 0 Å². The van der Waals surface area contributed by atoms with Crippen molar-refractivity contribution in [2.75, 3.05) is 6.61 Å². The van der Waals surface area contributed by atoms with Crippen LogP contribution in [-0.2, 0) is 9.59 Å². The fraction of sp³-hybridized carbons (Fsp3) is 0.133. The molecule has 2 rings (SSSR count). The first-order valence-electron chi connectivity index (χ1n) is 6.47. The Hall–Kier alpha value is -1.67. The Kier molecular flexibility index (Phi) is 5.95. The number of nitrogens with zero attached hydrogens (tertiary/aromatic N) is 1. The predicted octanol–water partition coefficient (Wildman–Crippen LogP) is 2.46. The Bertz CT molecular complexity index is 703. The van der Waals surface area contributed by atoms with Crippen LogP contribution in [0.15, 0.2) is 46.3 Å². The molecular formula is C15H12ClNO4S2. The van der Waals surface area contributed by atoms with Gasteiger partial charge in [-0.15, -0.1) is 0 Å². The highest BCUT2D eigenvalue weighted by atomic mass is 35.5. The molecule has 5 nitrogen and oxygen atoms in total. The summed E-state index contributed by atoms with van der Waals surface area (Å²) in [5, 5.41) is 18.5. The lowest BCUT2D eigenvalue weighted by atomic mass is 10.2. The summed E-state index contributed by atoms with van der Waals surface area (Å²) in [5.74, 6) is -1.91. The van der Waals surface area contributed by atoms with Crippen molar-refractivity contribution in [2.24, 2.45) is 0 Å². The van der Waals surface area contributed by atoms with Crippen LogP contribution in [0.25, 0.3) is 6.08 Å². The maximum absolute atomic E-state index is 12.3. The van der Waals surface area contributed by atoms with Crippen molar-refractivity contribution < 1.29 is 19.8 Å². The zero-order valence-corrected chi connectivity index (χ0v) is 14.1. The topological polar surface area (TPSA) is 77.8 Å². The van der Waals surface area contributed by atoms with Crippen LogP contribution in [0, 0.1) is 0 Å². The van der Waals surface area contributed by atoms with Crippen molar-refractivity contribution >= 4 is 57.9 Å². The molecule has 1 fully saturated rings. The number of benzene rings is 1. The fourth-order valence-electron chi connectivity index (χ4n) is 1.89. The number of allylic oxidation sites excluding steroid dienone is 2. The number of amides is 1. The summed E-state index contributed by atoms with van der Waals surface area (Å²) in [6.07, 6.45) is 3.11. The van der Waals surface area contributed by atoms with E-state index >= 15 is 0 Å². The molecule has 1 amide bonds. The van der Waals surface area contributed by atoms with Gasteiger partial charge in [0, 0.05) is 5.03 Å². The minimum Gasteiger partial charge on any atom is -0.480 e. The van der Waals surface area contributed by atoms with E-state index in [0.29, 0.717) is 5.03 Å². The van der Waals surface area contributed by atoms with Gasteiger partial charge in [0.25, 0.3) is 5.91 Å². The van der Waals surface area contributed by atoms with Gasteiger partial charge in [0.05, 0.1) is 11.5 Å². The molecule has 1 aliphatic rings. The normalized spacial score (nSPS) is 18.6. The van der Waals surface area contributed by atoms with Crippen LogP contribution in [0.2, 0.25) is 0 Å². The average molecular weight is 370 g/mol. The largest absolute Gasteiger partial charge is 0.480 e. The fourth-order valence-corrected chi connectivity index (χ4v) is 3.54. The summed E-state index contributed by atoms with van der Waals surface area (Å²) < 4.78 is 0.0758. The molecule has 23 heavy (non-hydrogen) atoms. The van der Waals surface area contributed by atoms with E-state index < -0.39 is 24.5 Å². The quantitative estimate of drug-likeness (QED) is 0.613. The lowest BCUT2D eigenvalue weighted by Crippen LogP contribution is -2.46. The van der Waals surface area contributed by atoms with E-state index in [1.807, 2.05) is 30.3 Å². The highest BCUT2D eigenvalue weighted by molar-refractivity contribution is 8.26. The number of thioether (sulfide) groups is 1. The molecule has 0 aromatic heterocycles. The number of thiocarbonyl (C=S) groups is 1. The maximum Gasteiger partial charge on any atom is 0.329 e. The van der Waals surface area contributed by atoms with Crippen LogP contribution in [0.5, 0.6) is 0 Å². The Labute approximate surface area is 147 Å². The Morgan fingerprint density at radius 1 is 1.39 bits per heavy atom. The zero-order chi connectivity index (χ0) is 17.0. The number of carboxylic acid groups (broad SMARTS) is 1. The molecule has 0 spiro atoms. The van der Waals surface area contributed by atoms with E-state index in [1.54, 1.807) is 6.08 Å². The van der Waals surface area contributed by atoms with Crippen LogP contribution in [0.1, 0.15) is 5.56 Å². The summed E-state index contributed by atoms with van der Waals surface area (Å²) >= 11 is 12.1. The van der Waals surface area contributed by atoms with E-state index in [0.717, 1.165) is 22.2 Å². The van der Waals surface area contributed by atoms with Crippen molar-refractivity contribution in [1.29, 1.82) is 0 Å². The second-order valence-corrected chi connectivity index (χ2v) is 6.64. The van der Waals surface area contributed by atoms with Gasteiger partial charge in [-0.1, -0.05) is 65.9 Å². The molecule has 1 aromatic rings. The lowest BCUT2D eigenvalue weighted by Gasteiger charge is -2.20. The molecular weight excluding hydrogens is 358 g/mol. The molecule has 0 saturated carbocycles. The van der Waals surface area contributed by atoms with Crippen LogP contribution < -0.4 is 0 Å². The summed E-state index contributed by atoms with van der Waals surface area (Å²) in [5.41, 5.74) is 0.864. The first-order chi connectivity index (χ1) is 10.9. The summed E-state index contributed by atoms with van der Waals surface area (Å²) in [7, 11) is 0. The van der Waals surface area contributed by atoms with Gasteiger partial charge in [-0.25, -0.2) is 4.79 Å². The minimum atomic E-state index is -1.40. The molecule has 2 N–H and O–H groups in total. The monoisotopic (exact) mass is 369 g/mol. The van der Waals surface area contributed by atoms with Crippen molar-refractivity contribution in [2.45, 2.75) is 6.04 Å². The Morgan fingerprint density at radius 3 is 2.61 bits per heavy atom. The number of aliphatic hydroxyl groups is 1. The summed E-state index contributed by atoms with van der Waals surface area (Å²) in [6.45, 7) is -0.720. The number of halogens is 1. The molecule has 1 aliphatic heterocycles. The van der Waals surface area contributed by atoms with Crippen LogP contribution >= 0.6 is 35.6 Å². The second-order valence-electron chi connectivity index (χ2n) is 4.53. The Morgan fingerprint density at radius 2 is 2.04 bits per heavy atom. The number of aliphatic carboxylic acids is 1. The first-order valence-corrected chi connectivity index (χ1v) is 8.07. The molecule has 8 heteroatoms. The van der Waals surface area contributed by atoms with E-state index in [9.17, 15) is 9.59 Å². The number of carbonyl (C=O) groups is 2. The number of hydrogen-bond acceptors (Lipinski definition) is 5. The minimum absolute atomic E-state index is 0.0758. The third-order valence-electron chi connectivity index (χ3n) is 2.97. The predicted molar refractivity (Wildman–Crippen MR) is 93.9 cm³/mol. The van der Waals surface area contributed by atoms with E-state index in [4.69, 9.17) is 34.0 Å². The number of carbonyl (C=O) groups excluding carboxylic acids is 1. The highest BCUT2D eigenvalue weighted by Crippen LogP contribution is 2.34. The average Bonchev–Trinajstić information content (AvgIpc) is 2.76. The molecule has 1 atom stereocenters. The summed E-state index contributed by atoms with van der Waals surface area (Å²) in [4.78, 5) is 24.5. The summed E-state index contributed by atoms with van der Waals surface area (Å²) in [6, 6.07) is 7.89. The van der Waals surface area contributed by atoms with Gasteiger partial charge >= 0.3 is 5.97 Å². The molecule has 0 bridgehead atoms. The van der Waals surface area contributed by atoms with Gasteiger partial charge in [0.15, 0.2) is 6.04 Å². The second kappa shape index (κ2) is 7.74. The van der Waals surface area contributed by atoms with Crippen LogP contribution in [0.3, 0.4) is 0 Å². The van der Waals surface area contributed by atoms with Crippen molar-refractivity contribution in [3.63, 3.8) is 0 Å². The first kappa shape index (κ1) is 17.7. The number of hydrogen-bond donors (Lipinski definition) is 2. The number of aliphatic hydroxyl groups excluding tert-OH is 1. The van der Waals surface area contributed by atoms with E-state index in [1.165, 1.54) is 6.08 Å². The molecule has 120 valence electrons. The van der Waals surface area contributed by atoms with Gasteiger partial charge in [-0.05, 0) is 17.7 Å². The van der Waals surface area contributed by atoms with Gasteiger partial charge in [-0.3, -0.25) is 9.69 Å². The van der Waals surface area contributed by atoms with Gasteiger partial charge in [-0.2, -0.15) is 0 Å². The molecule has 0 aliphatic carbocycles. The van der Waals surface area contributed by atoms with Crippen molar-refractivity contribution in [3.05, 3.63) is 51.9 Å². The van der Waals surface area contributed by atoms with Gasteiger partial charge in [0.1, 0.15) is 4.32 Å². The maximum atomic E-state index is 12.3. The van der Waals surface area contributed by atoms with E-state index in [-0.39, 0.29) is 9.23 Å². The molecule has 1 aromatic carbocycles. The third kappa shape index (κ3) is 4.20. The van der Waals surface area contributed by atoms with Crippen LogP contribution in [-0.4, -0.2) is 44.0 Å². The van der Waals surface area contributed by atoms with Gasteiger partial charge < -0.3 is 10.2 Å². The smallest absolute Gasteiger partial charge is 0.329 e. The van der Waals surface area contributed by atoms with Crippen molar-refractivity contribution in [1.82, 2.24) is 4.90 Å². The van der Waals surface area contributed by atoms with Crippen molar-refractivity contribution in [3.8, 4) is 0 Å². The molecule has 1 saturated heterocycles. The third-order valence-corrected chi connectivity index (χ3v) is 4.51. The molecule has 1 unspecified atom stereocenters. The molecule has 1 heterocycles. The SMILES string of the molecule is O=C(O)C(CO)N1C(=O)C(=CC(Cl)=Cc2ccccc2)SC1=S. The molecule has 0 radical (unpaired) electrons. The lowest BCUT2D eigenvalue weighted by molar-refractivity contribution is -0.146. The van der Waals surface area contributed by atoms with E-state index in [2.05, 4.69) is 0 Å². The Balaban J connectivity index is 2.25. The zero-order valence-electron chi connectivity index (χ0n) is 11.7. The number of carboxylic acids is 1. The standard InChI is InChI=1S/C15H12ClNO4S2/c16-10(6-9-4-2-1-3-5-9)7-12-13(19)17(15(22)23-12)11(8-18)14(20)21/h1-7,11,18H,8H2,(H,20,21).